The van der Waals surface area contributed by atoms with Crippen LogP contribution >= 0.6 is 0 Å². The van der Waals surface area contributed by atoms with Gasteiger partial charge in [-0.05, 0) is 86.3 Å². The van der Waals surface area contributed by atoms with Crippen LogP contribution in [0, 0.1) is 23.2 Å². The van der Waals surface area contributed by atoms with E-state index in [1.54, 1.807) is 11.5 Å². The van der Waals surface area contributed by atoms with E-state index >= 15 is 0 Å². The third-order valence-corrected chi connectivity index (χ3v) is 6.92. The fourth-order valence-corrected chi connectivity index (χ4v) is 6.22. The fourth-order valence-electron chi connectivity index (χ4n) is 6.22. The van der Waals surface area contributed by atoms with Gasteiger partial charge < -0.3 is 10.1 Å². The smallest absolute Gasteiger partial charge is 0.278 e. The number of hydrogen-bond acceptors (Lipinski definition) is 4. The molecule has 4 aliphatic carbocycles. The van der Waals surface area contributed by atoms with Crippen molar-refractivity contribution in [1.29, 1.82) is 0 Å². The van der Waals surface area contributed by atoms with E-state index in [9.17, 15) is 9.59 Å². The van der Waals surface area contributed by atoms with E-state index in [4.69, 9.17) is 9.94 Å². The fraction of sp³-hybridized carbons (Fsp3) is 0.619. The van der Waals surface area contributed by atoms with Crippen LogP contribution in [-0.4, -0.2) is 30.7 Å². The number of hydroxylamine groups is 1. The van der Waals surface area contributed by atoms with Crippen LogP contribution in [0.1, 0.15) is 65.7 Å². The Balaban J connectivity index is 1.36. The number of rotatable bonds is 6. The van der Waals surface area contributed by atoms with Crippen molar-refractivity contribution in [2.24, 2.45) is 23.2 Å². The second-order valence-electron chi connectivity index (χ2n) is 8.78. The number of amides is 2. The van der Waals surface area contributed by atoms with Crippen LogP contribution in [0.5, 0.6) is 5.75 Å². The average molecular weight is 372 g/mol. The van der Waals surface area contributed by atoms with E-state index in [1.165, 1.54) is 57.8 Å². The molecule has 0 atom stereocenters. The average Bonchev–Trinajstić information content (AvgIpc) is 2.65. The zero-order valence-corrected chi connectivity index (χ0v) is 15.8. The summed E-state index contributed by atoms with van der Waals surface area (Å²) in [6.45, 7) is 0.687. The highest BCUT2D eigenvalue weighted by molar-refractivity contribution is 5.99. The van der Waals surface area contributed by atoms with Gasteiger partial charge in [0.2, 0.25) is 0 Å². The van der Waals surface area contributed by atoms with Gasteiger partial charge in [-0.15, -0.1) is 0 Å². The highest BCUT2D eigenvalue weighted by Gasteiger charge is 2.50. The molecule has 27 heavy (non-hydrogen) atoms. The van der Waals surface area contributed by atoms with E-state index in [1.807, 2.05) is 0 Å². The zero-order valence-electron chi connectivity index (χ0n) is 15.8. The van der Waals surface area contributed by atoms with Crippen molar-refractivity contribution in [2.75, 3.05) is 13.7 Å². The number of ether oxygens (including phenoxy) is 1. The number of nitrogens with one attached hydrogen (secondary N) is 2. The molecule has 4 fully saturated rings. The van der Waals surface area contributed by atoms with Gasteiger partial charge in [-0.1, -0.05) is 0 Å². The topological polar surface area (TPSA) is 87.7 Å². The van der Waals surface area contributed by atoms with Crippen LogP contribution in [0.2, 0.25) is 0 Å². The minimum Gasteiger partial charge on any atom is -0.496 e. The van der Waals surface area contributed by atoms with Gasteiger partial charge in [-0.3, -0.25) is 14.8 Å². The van der Waals surface area contributed by atoms with Gasteiger partial charge in [0.25, 0.3) is 11.8 Å². The summed E-state index contributed by atoms with van der Waals surface area (Å²) >= 11 is 0. The van der Waals surface area contributed by atoms with E-state index in [2.05, 4.69) is 5.32 Å². The van der Waals surface area contributed by atoms with Crippen LogP contribution in [-0.2, 0) is 0 Å². The quantitative estimate of drug-likeness (QED) is 0.529. The van der Waals surface area contributed by atoms with Crippen LogP contribution in [0.25, 0.3) is 0 Å². The molecule has 146 valence electrons. The minimum absolute atomic E-state index is 0.158. The lowest BCUT2D eigenvalue weighted by Gasteiger charge is -2.57. The van der Waals surface area contributed by atoms with Gasteiger partial charge in [0.1, 0.15) is 5.75 Å². The van der Waals surface area contributed by atoms with Gasteiger partial charge in [0.05, 0.1) is 12.7 Å². The summed E-state index contributed by atoms with van der Waals surface area (Å²) in [5.41, 5.74) is 2.67. The Morgan fingerprint density at radius 1 is 1.11 bits per heavy atom. The van der Waals surface area contributed by atoms with Crippen molar-refractivity contribution in [2.45, 2.75) is 44.9 Å². The third-order valence-electron chi connectivity index (χ3n) is 6.92. The van der Waals surface area contributed by atoms with Gasteiger partial charge in [0, 0.05) is 12.1 Å². The minimum atomic E-state index is -0.666. The van der Waals surface area contributed by atoms with E-state index < -0.39 is 5.91 Å². The first kappa shape index (κ1) is 18.3. The van der Waals surface area contributed by atoms with E-state index in [0.29, 0.717) is 17.5 Å². The van der Waals surface area contributed by atoms with E-state index in [0.717, 1.165) is 24.2 Å². The van der Waals surface area contributed by atoms with Gasteiger partial charge in [0.15, 0.2) is 0 Å². The van der Waals surface area contributed by atoms with Crippen molar-refractivity contribution >= 4 is 11.8 Å². The maximum absolute atomic E-state index is 12.5. The number of carbonyl (C=O) groups is 2. The molecule has 2 amide bonds. The summed E-state index contributed by atoms with van der Waals surface area (Å²) in [6.07, 6.45) is 9.37. The summed E-state index contributed by atoms with van der Waals surface area (Å²) in [4.78, 5) is 24.1. The lowest BCUT2D eigenvalue weighted by molar-refractivity contribution is -0.0564. The number of carbonyl (C=O) groups excluding carboxylic acids is 2. The number of benzene rings is 1. The molecule has 0 saturated heterocycles. The van der Waals surface area contributed by atoms with Crippen LogP contribution in [0.3, 0.4) is 0 Å². The van der Waals surface area contributed by atoms with Gasteiger partial charge in [-0.2, -0.15) is 0 Å². The Morgan fingerprint density at radius 2 is 1.74 bits per heavy atom. The lowest BCUT2D eigenvalue weighted by atomic mass is 9.49. The van der Waals surface area contributed by atoms with Crippen molar-refractivity contribution in [1.82, 2.24) is 10.8 Å². The van der Waals surface area contributed by atoms with Crippen molar-refractivity contribution in [3.63, 3.8) is 0 Å². The zero-order chi connectivity index (χ0) is 19.0. The molecule has 1 aromatic rings. The molecule has 1 aromatic carbocycles. The molecule has 4 saturated carbocycles. The molecule has 0 radical (unpaired) electrons. The van der Waals surface area contributed by atoms with Crippen LogP contribution in [0.4, 0.5) is 0 Å². The molecule has 6 nitrogen and oxygen atoms in total. The first-order valence-electron chi connectivity index (χ1n) is 9.92. The molecule has 0 heterocycles. The normalized spacial score (nSPS) is 30.8. The molecule has 0 aliphatic heterocycles. The SMILES string of the molecule is COc1cc(C(=O)NCCC23CC4CC(CC(C4)C2)C3)ccc1C(=O)NO. The monoisotopic (exact) mass is 372 g/mol. The Hall–Kier alpha value is -2.08. The molecule has 0 aromatic heterocycles. The Bertz CT molecular complexity index is 710. The second kappa shape index (κ2) is 7.15. The lowest BCUT2D eigenvalue weighted by Crippen LogP contribution is -2.47. The summed E-state index contributed by atoms with van der Waals surface area (Å²) in [5.74, 6) is 2.19. The number of hydrogen-bond donors (Lipinski definition) is 3. The first-order chi connectivity index (χ1) is 13.0. The Kier molecular flexibility index (Phi) is 4.84. The molecule has 4 bridgehead atoms. The second-order valence-corrected chi connectivity index (χ2v) is 8.78. The predicted octanol–water partition coefficient (Wildman–Crippen LogP) is 3.15. The predicted molar refractivity (Wildman–Crippen MR) is 99.8 cm³/mol. The first-order valence-corrected chi connectivity index (χ1v) is 9.92. The van der Waals surface area contributed by atoms with E-state index in [-0.39, 0.29) is 17.2 Å². The summed E-state index contributed by atoms with van der Waals surface area (Å²) in [7, 11) is 1.43. The van der Waals surface area contributed by atoms with Crippen molar-refractivity contribution in [3.05, 3.63) is 29.3 Å². The van der Waals surface area contributed by atoms with Gasteiger partial charge >= 0.3 is 0 Å². The summed E-state index contributed by atoms with van der Waals surface area (Å²) in [5, 5.41) is 11.8. The standard InChI is InChI=1S/C21H28N2O4/c1-27-18-9-16(2-3-17(18)20(25)23-26)19(24)22-5-4-21-10-13-6-14(11-21)8-15(7-13)12-21/h2-3,9,13-15,26H,4-8,10-12H2,1H3,(H,22,24)(H,23,25). The Morgan fingerprint density at radius 3 is 2.30 bits per heavy atom. The van der Waals surface area contributed by atoms with Crippen molar-refractivity contribution in [3.8, 4) is 5.75 Å². The molecular formula is C21H28N2O4. The van der Waals surface area contributed by atoms with Crippen molar-refractivity contribution < 1.29 is 19.5 Å². The van der Waals surface area contributed by atoms with Crippen LogP contribution < -0.4 is 15.5 Å². The van der Waals surface area contributed by atoms with Crippen LogP contribution in [0.15, 0.2) is 18.2 Å². The highest BCUT2D eigenvalue weighted by Crippen LogP contribution is 2.61. The largest absolute Gasteiger partial charge is 0.496 e. The molecule has 6 heteroatoms. The molecule has 3 N–H and O–H groups in total. The maximum Gasteiger partial charge on any atom is 0.278 e. The molecule has 0 spiro atoms. The summed E-state index contributed by atoms with van der Waals surface area (Å²) < 4.78 is 5.18. The third kappa shape index (κ3) is 3.55. The molecule has 4 aliphatic rings. The number of methoxy groups -OCH3 is 1. The van der Waals surface area contributed by atoms with Gasteiger partial charge in [-0.25, -0.2) is 5.48 Å². The highest BCUT2D eigenvalue weighted by atomic mass is 16.5. The molecular weight excluding hydrogens is 344 g/mol. The molecule has 5 rings (SSSR count). The summed E-state index contributed by atoms with van der Waals surface area (Å²) in [6, 6.07) is 4.59. The Labute approximate surface area is 159 Å². The maximum atomic E-state index is 12.5. The molecule has 0 unspecified atom stereocenters.